The maximum atomic E-state index is 11.5. The molecule has 3 aliphatic heterocycles. The first-order valence-electron chi connectivity index (χ1n) is 25.3. The van der Waals surface area contributed by atoms with Gasteiger partial charge in [0.1, 0.15) is 0 Å². The van der Waals surface area contributed by atoms with E-state index >= 15 is 0 Å². The first-order chi connectivity index (χ1) is 32.0. The van der Waals surface area contributed by atoms with Gasteiger partial charge < -0.3 is 9.84 Å². The lowest BCUT2D eigenvalue weighted by Crippen LogP contribution is -2.37. The van der Waals surface area contributed by atoms with E-state index in [1.54, 1.807) is 0 Å². The van der Waals surface area contributed by atoms with E-state index in [0.29, 0.717) is 11.7 Å². The lowest BCUT2D eigenvalue weighted by molar-refractivity contribution is -0.198. The standard InChI is InChI=1S/C23H39NO5.C18H36O.C9H8N2O7/c1-2-3-4-5-6-7-8-9-10-11-12-13-14-15-16-17-20-28-23(27)29-24-21(25)18-19-22(24)26;1-2-3-4-5-6-7-8-9-10-11-12-13-14-15-16-17-18-19;12-5-1-2-6(13)10(5)17-9(16)18-11-7(14)3-4-8(11)15/h9-10H,2-8,11-20H2,1H3;9-10,19H,2-8,11-18H2,1H3;1-4H2/b2*10-9-;. The van der Waals surface area contributed by atoms with Crippen molar-refractivity contribution in [2.45, 2.75) is 232 Å². The molecule has 0 atom stereocenters. The van der Waals surface area contributed by atoms with Crippen LogP contribution < -0.4 is 0 Å². The van der Waals surface area contributed by atoms with Crippen LogP contribution in [0.3, 0.4) is 0 Å². The molecule has 3 heterocycles. The fourth-order valence-electron chi connectivity index (χ4n) is 7.10. The summed E-state index contributed by atoms with van der Waals surface area (Å²) < 4.78 is 4.90. The molecule has 3 rings (SSSR count). The summed E-state index contributed by atoms with van der Waals surface area (Å²) in [5.74, 6) is -3.73. The summed E-state index contributed by atoms with van der Waals surface area (Å²) in [6.45, 7) is 5.13. The van der Waals surface area contributed by atoms with Crippen LogP contribution in [0.4, 0.5) is 9.59 Å². The lowest BCUT2D eigenvalue weighted by atomic mass is 10.1. The molecule has 0 radical (unpaired) electrons. The molecule has 0 bridgehead atoms. The number of unbranched alkanes of at least 4 members (excludes halogenated alkanes) is 24. The van der Waals surface area contributed by atoms with Crippen molar-refractivity contribution in [2.24, 2.45) is 0 Å². The summed E-state index contributed by atoms with van der Waals surface area (Å²) in [4.78, 5) is 103. The molecule has 0 unspecified atom stereocenters. The Bertz CT molecular complexity index is 1380. The van der Waals surface area contributed by atoms with Crippen molar-refractivity contribution in [1.29, 1.82) is 0 Å². The third kappa shape index (κ3) is 30.6. The fraction of sp³-hybridized carbons (Fsp3) is 0.760. The fourth-order valence-corrected chi connectivity index (χ4v) is 7.10. The van der Waals surface area contributed by atoms with Crippen LogP contribution in [-0.2, 0) is 48.0 Å². The SMILES string of the molecule is CCCCCCCC/C=C\CCCCCCCCO.CCCCCCCC/C=C\CCCCCCCCOC(=O)ON1C(=O)CCC1=O.O=C(ON1C(=O)CCC1=O)ON1C(=O)CCC1=O. The van der Waals surface area contributed by atoms with Gasteiger partial charge in [-0.25, -0.2) is 4.79 Å². The van der Waals surface area contributed by atoms with Crippen LogP contribution in [0, 0.1) is 0 Å². The molecule has 16 nitrogen and oxygen atoms in total. The second-order valence-corrected chi connectivity index (χ2v) is 17.0. The van der Waals surface area contributed by atoms with Gasteiger partial charge in [-0.1, -0.05) is 169 Å². The summed E-state index contributed by atoms with van der Waals surface area (Å²) in [7, 11) is 0. The molecule has 6 amide bonds. The molecule has 0 aromatic heterocycles. The van der Waals surface area contributed by atoms with E-state index in [0.717, 1.165) is 25.7 Å². The van der Waals surface area contributed by atoms with Gasteiger partial charge in [-0.15, -0.1) is 0 Å². The number of hydroxylamine groups is 6. The number of aliphatic hydroxyl groups is 1. The molecule has 0 aliphatic carbocycles. The van der Waals surface area contributed by atoms with E-state index in [9.17, 15) is 38.4 Å². The minimum Gasteiger partial charge on any atom is -0.433 e. The van der Waals surface area contributed by atoms with Crippen LogP contribution in [-0.4, -0.2) is 81.3 Å². The number of aliphatic hydroxyl groups excluding tert-OH is 1. The summed E-state index contributed by atoms with van der Waals surface area (Å²) in [6.07, 6.45) is 42.3. The van der Waals surface area contributed by atoms with Crippen molar-refractivity contribution in [3.05, 3.63) is 24.3 Å². The predicted molar refractivity (Wildman–Crippen MR) is 249 cm³/mol. The maximum Gasteiger partial charge on any atom is 0.560 e. The quantitative estimate of drug-likeness (QED) is 0.0276. The molecule has 3 fully saturated rings. The van der Waals surface area contributed by atoms with E-state index in [1.165, 1.54) is 154 Å². The zero-order valence-corrected chi connectivity index (χ0v) is 40.5. The summed E-state index contributed by atoms with van der Waals surface area (Å²) in [5, 5.41) is 9.68. The molecule has 66 heavy (non-hydrogen) atoms. The van der Waals surface area contributed by atoms with Gasteiger partial charge in [-0.3, -0.25) is 43.3 Å². The van der Waals surface area contributed by atoms with E-state index in [4.69, 9.17) is 9.84 Å². The van der Waals surface area contributed by atoms with Gasteiger partial charge in [0.25, 0.3) is 35.4 Å². The predicted octanol–water partition coefficient (Wildman–Crippen LogP) is 11.5. The van der Waals surface area contributed by atoms with Gasteiger partial charge in [-0.2, -0.15) is 4.79 Å². The number of nitrogens with zero attached hydrogens (tertiary/aromatic N) is 3. The average molecular weight is 934 g/mol. The first kappa shape index (κ1) is 59.4. The van der Waals surface area contributed by atoms with Gasteiger partial charge >= 0.3 is 12.3 Å². The van der Waals surface area contributed by atoms with E-state index < -0.39 is 47.8 Å². The molecule has 3 aliphatic rings. The third-order valence-electron chi connectivity index (χ3n) is 11.1. The molecule has 0 spiro atoms. The number of carbonyl (C=O) groups excluding carboxylic acids is 8. The van der Waals surface area contributed by atoms with Crippen LogP contribution >= 0.6 is 0 Å². The van der Waals surface area contributed by atoms with Crippen LogP contribution in [0.2, 0.25) is 0 Å². The van der Waals surface area contributed by atoms with Crippen molar-refractivity contribution >= 4 is 47.8 Å². The number of imide groups is 3. The van der Waals surface area contributed by atoms with Gasteiger partial charge in [0.2, 0.25) is 0 Å². The van der Waals surface area contributed by atoms with Crippen LogP contribution in [0.15, 0.2) is 24.3 Å². The summed E-state index contributed by atoms with van der Waals surface area (Å²) in [5.41, 5.74) is 0. The first-order valence-corrected chi connectivity index (χ1v) is 25.3. The van der Waals surface area contributed by atoms with Crippen molar-refractivity contribution in [3.63, 3.8) is 0 Å². The van der Waals surface area contributed by atoms with Crippen molar-refractivity contribution < 1.29 is 62.7 Å². The minimum atomic E-state index is -1.48. The minimum absolute atomic E-state index is 0.0618. The van der Waals surface area contributed by atoms with E-state index in [-0.39, 0.29) is 55.3 Å². The zero-order valence-electron chi connectivity index (χ0n) is 40.5. The molecule has 376 valence electrons. The number of ether oxygens (including phenoxy) is 1. The molecule has 0 saturated carbocycles. The molecule has 1 N–H and O–H groups in total. The Labute approximate surface area is 394 Å². The Morgan fingerprint density at radius 2 is 0.652 bits per heavy atom. The van der Waals surface area contributed by atoms with Crippen LogP contribution in [0.25, 0.3) is 0 Å². The Hall–Kier alpha value is -4.60. The highest BCUT2D eigenvalue weighted by molar-refractivity contribution is 6.03. The Morgan fingerprint density at radius 3 is 0.955 bits per heavy atom. The number of amides is 6. The number of allylic oxidation sites excluding steroid dienone is 4. The number of carbonyl (C=O) groups is 8. The highest BCUT2D eigenvalue weighted by Gasteiger charge is 2.37. The van der Waals surface area contributed by atoms with Crippen LogP contribution in [0.5, 0.6) is 0 Å². The van der Waals surface area contributed by atoms with Crippen molar-refractivity contribution in [3.8, 4) is 0 Å². The van der Waals surface area contributed by atoms with Gasteiger partial charge in [0.05, 0.1) is 6.61 Å². The van der Waals surface area contributed by atoms with Crippen molar-refractivity contribution in [2.75, 3.05) is 13.2 Å². The number of rotatable bonds is 34. The molecule has 0 aromatic carbocycles. The number of hydrogen-bond acceptors (Lipinski definition) is 13. The summed E-state index contributed by atoms with van der Waals surface area (Å²) >= 11 is 0. The Morgan fingerprint density at radius 1 is 0.394 bits per heavy atom. The second kappa shape index (κ2) is 40.7. The van der Waals surface area contributed by atoms with Gasteiger partial charge in [-0.05, 0) is 64.2 Å². The largest absolute Gasteiger partial charge is 0.560 e. The zero-order chi connectivity index (χ0) is 48.5. The molecular weight excluding hydrogens is 851 g/mol. The smallest absolute Gasteiger partial charge is 0.433 e. The van der Waals surface area contributed by atoms with Gasteiger partial charge in [0.15, 0.2) is 0 Å². The van der Waals surface area contributed by atoms with Gasteiger partial charge in [0, 0.05) is 45.1 Å². The normalized spacial score (nSPS) is 14.9. The molecular formula is C50H83N3O13. The average Bonchev–Trinajstić information content (AvgIpc) is 3.92. The highest BCUT2D eigenvalue weighted by atomic mass is 16.9. The van der Waals surface area contributed by atoms with E-state index in [2.05, 4.69) is 52.7 Å². The summed E-state index contributed by atoms with van der Waals surface area (Å²) in [6, 6.07) is 0. The number of hydrogen-bond donors (Lipinski definition) is 1. The molecule has 3 saturated heterocycles. The lowest BCUT2D eigenvalue weighted by Gasteiger charge is -2.15. The topological polar surface area (TPSA) is 203 Å². The molecule has 0 aromatic rings. The highest BCUT2D eigenvalue weighted by Crippen LogP contribution is 2.17. The second-order valence-electron chi connectivity index (χ2n) is 17.0. The Kier molecular flexibility index (Phi) is 36.6. The van der Waals surface area contributed by atoms with Crippen molar-refractivity contribution in [1.82, 2.24) is 15.2 Å². The van der Waals surface area contributed by atoms with E-state index in [1.807, 2.05) is 0 Å². The molecule has 16 heteroatoms. The van der Waals surface area contributed by atoms with Crippen LogP contribution in [0.1, 0.15) is 232 Å². The maximum absolute atomic E-state index is 11.5. The third-order valence-corrected chi connectivity index (χ3v) is 11.1. The Balaban J connectivity index is 0.000000516. The monoisotopic (exact) mass is 934 g/mol.